The van der Waals surface area contributed by atoms with E-state index in [0.717, 1.165) is 5.56 Å². The van der Waals surface area contributed by atoms with E-state index in [4.69, 9.17) is 10.8 Å². The van der Waals surface area contributed by atoms with Crippen molar-refractivity contribution in [1.29, 1.82) is 0 Å². The smallest absolute Gasteiger partial charge is 0.335 e. The van der Waals surface area contributed by atoms with Gasteiger partial charge in [-0.05, 0) is 37.3 Å². The Labute approximate surface area is 122 Å². The molecule has 0 fully saturated rings. The molecule has 0 aliphatic heterocycles. The van der Waals surface area contributed by atoms with Gasteiger partial charge in [-0.2, -0.15) is 0 Å². The minimum Gasteiger partial charge on any atom is -0.478 e. The van der Waals surface area contributed by atoms with E-state index in [2.05, 4.69) is 0 Å². The maximum absolute atomic E-state index is 12.4. The van der Waals surface area contributed by atoms with Gasteiger partial charge in [-0.1, -0.05) is 17.7 Å². The molecule has 2 rings (SSSR count). The largest absolute Gasteiger partial charge is 0.478 e. The van der Waals surface area contributed by atoms with E-state index < -0.39 is 5.97 Å². The summed E-state index contributed by atoms with van der Waals surface area (Å²) in [5, 5.41) is 8.92. The van der Waals surface area contributed by atoms with Gasteiger partial charge >= 0.3 is 5.97 Å². The zero-order valence-corrected chi connectivity index (χ0v) is 11.8. The van der Waals surface area contributed by atoms with Crippen molar-refractivity contribution in [3.63, 3.8) is 0 Å². The predicted molar refractivity (Wildman–Crippen MR) is 81.7 cm³/mol. The van der Waals surface area contributed by atoms with E-state index >= 15 is 0 Å². The number of benzene rings is 2. The first kappa shape index (κ1) is 14.6. The van der Waals surface area contributed by atoms with E-state index in [1.165, 1.54) is 23.1 Å². The molecule has 108 valence electrons. The molecule has 3 N–H and O–H groups in total. The number of nitrogens with zero attached hydrogens (tertiary/aromatic N) is 1. The number of carbonyl (C=O) groups is 2. The lowest BCUT2D eigenvalue weighted by Gasteiger charge is -2.19. The fourth-order valence-electron chi connectivity index (χ4n) is 1.99. The van der Waals surface area contributed by atoms with Crippen LogP contribution in [0, 0.1) is 6.92 Å². The monoisotopic (exact) mass is 284 g/mol. The summed E-state index contributed by atoms with van der Waals surface area (Å²) in [6, 6.07) is 11.5. The molecule has 0 atom stereocenters. The number of anilines is 2. The van der Waals surface area contributed by atoms with Crippen LogP contribution in [-0.2, 0) is 0 Å². The Kier molecular flexibility index (Phi) is 3.93. The van der Waals surface area contributed by atoms with Gasteiger partial charge in [-0.25, -0.2) is 4.79 Å². The van der Waals surface area contributed by atoms with Gasteiger partial charge in [-0.3, -0.25) is 4.79 Å². The van der Waals surface area contributed by atoms with Gasteiger partial charge in [0.1, 0.15) is 0 Å². The molecule has 0 spiro atoms. The first-order valence-electron chi connectivity index (χ1n) is 6.37. The van der Waals surface area contributed by atoms with Crippen LogP contribution in [0.2, 0.25) is 0 Å². The predicted octanol–water partition coefficient (Wildman–Crippen LogP) is 2.55. The van der Waals surface area contributed by atoms with Gasteiger partial charge in [0.15, 0.2) is 0 Å². The highest BCUT2D eigenvalue weighted by Gasteiger charge is 2.16. The second kappa shape index (κ2) is 5.66. The average molecular weight is 284 g/mol. The zero-order chi connectivity index (χ0) is 15.6. The fraction of sp³-hybridized carbons (Fsp3) is 0.125. The van der Waals surface area contributed by atoms with Crippen molar-refractivity contribution in [2.45, 2.75) is 6.92 Å². The lowest BCUT2D eigenvalue weighted by Crippen LogP contribution is -2.27. The molecule has 2 aromatic carbocycles. The first-order valence-corrected chi connectivity index (χ1v) is 6.37. The van der Waals surface area contributed by atoms with Gasteiger partial charge in [-0.15, -0.1) is 0 Å². The second-order valence-electron chi connectivity index (χ2n) is 4.81. The fourth-order valence-corrected chi connectivity index (χ4v) is 1.99. The van der Waals surface area contributed by atoms with E-state index in [-0.39, 0.29) is 17.2 Å². The third-order valence-electron chi connectivity index (χ3n) is 3.24. The number of nitrogens with two attached hydrogens (primary N) is 1. The van der Waals surface area contributed by atoms with Crippen LogP contribution in [0.4, 0.5) is 11.4 Å². The summed E-state index contributed by atoms with van der Waals surface area (Å²) in [4.78, 5) is 24.7. The molecule has 0 heterocycles. The first-order chi connectivity index (χ1) is 9.90. The van der Waals surface area contributed by atoms with E-state index in [0.29, 0.717) is 11.3 Å². The minimum atomic E-state index is -1.05. The van der Waals surface area contributed by atoms with Gasteiger partial charge in [0.25, 0.3) is 5.91 Å². The maximum atomic E-state index is 12.4. The molecule has 0 unspecified atom stereocenters. The average Bonchev–Trinajstić information content (AvgIpc) is 2.46. The maximum Gasteiger partial charge on any atom is 0.335 e. The Balaban J connectivity index is 2.31. The van der Waals surface area contributed by atoms with Crippen LogP contribution in [0.3, 0.4) is 0 Å². The van der Waals surface area contributed by atoms with Crippen LogP contribution in [-0.4, -0.2) is 24.0 Å². The molecule has 5 heteroatoms. The summed E-state index contributed by atoms with van der Waals surface area (Å²) >= 11 is 0. The Morgan fingerprint density at radius 3 is 2.14 bits per heavy atom. The van der Waals surface area contributed by atoms with Crippen molar-refractivity contribution in [2.24, 2.45) is 0 Å². The van der Waals surface area contributed by atoms with Crippen molar-refractivity contribution >= 4 is 23.3 Å². The van der Waals surface area contributed by atoms with Crippen molar-refractivity contribution in [2.75, 3.05) is 17.7 Å². The standard InChI is InChI=1S/C16H16N2O3/c1-10-3-5-11(6-4-10)15(19)18(2)14-8-7-12(16(20)21)9-13(14)17/h3-9H,17H2,1-2H3,(H,20,21). The van der Waals surface area contributed by atoms with E-state index in [1.807, 2.05) is 19.1 Å². The number of carboxylic acid groups (broad SMARTS) is 1. The highest BCUT2D eigenvalue weighted by Crippen LogP contribution is 2.25. The van der Waals surface area contributed by atoms with Gasteiger partial charge in [0.05, 0.1) is 16.9 Å². The lowest BCUT2D eigenvalue weighted by atomic mass is 10.1. The number of rotatable bonds is 3. The van der Waals surface area contributed by atoms with Crippen LogP contribution in [0.15, 0.2) is 42.5 Å². The number of aromatic carboxylic acids is 1. The third kappa shape index (κ3) is 3.02. The molecule has 5 nitrogen and oxygen atoms in total. The molecule has 0 bridgehead atoms. The van der Waals surface area contributed by atoms with E-state index in [9.17, 15) is 9.59 Å². The molecule has 0 aromatic heterocycles. The van der Waals surface area contributed by atoms with Crippen molar-refractivity contribution < 1.29 is 14.7 Å². The second-order valence-corrected chi connectivity index (χ2v) is 4.81. The summed E-state index contributed by atoms with van der Waals surface area (Å²) in [6.07, 6.45) is 0. The Morgan fingerprint density at radius 2 is 1.62 bits per heavy atom. The number of carbonyl (C=O) groups excluding carboxylic acids is 1. The summed E-state index contributed by atoms with van der Waals surface area (Å²) in [7, 11) is 1.61. The molecule has 0 aliphatic carbocycles. The molecule has 2 aromatic rings. The lowest BCUT2D eigenvalue weighted by molar-refractivity contribution is 0.0697. The number of hydrogen-bond acceptors (Lipinski definition) is 3. The summed E-state index contributed by atoms with van der Waals surface area (Å²) in [5.74, 6) is -1.26. The summed E-state index contributed by atoms with van der Waals surface area (Å²) < 4.78 is 0. The Bertz CT molecular complexity index is 693. The van der Waals surface area contributed by atoms with Gasteiger partial charge < -0.3 is 15.7 Å². The van der Waals surface area contributed by atoms with Crippen LogP contribution in [0.25, 0.3) is 0 Å². The SMILES string of the molecule is Cc1ccc(C(=O)N(C)c2ccc(C(=O)O)cc2N)cc1. The van der Waals surface area contributed by atoms with Crippen LogP contribution >= 0.6 is 0 Å². The number of amides is 1. The zero-order valence-electron chi connectivity index (χ0n) is 11.8. The molecular weight excluding hydrogens is 268 g/mol. The highest BCUT2D eigenvalue weighted by atomic mass is 16.4. The summed E-state index contributed by atoms with van der Waals surface area (Å²) in [5.41, 5.74) is 8.27. The van der Waals surface area contributed by atoms with Crippen molar-refractivity contribution in [3.05, 3.63) is 59.2 Å². The van der Waals surface area contributed by atoms with Crippen molar-refractivity contribution in [3.8, 4) is 0 Å². The quantitative estimate of drug-likeness (QED) is 0.848. The molecule has 0 saturated heterocycles. The number of aryl methyl sites for hydroxylation is 1. The number of hydrogen-bond donors (Lipinski definition) is 2. The molecule has 0 radical (unpaired) electrons. The topological polar surface area (TPSA) is 83.6 Å². The minimum absolute atomic E-state index is 0.0902. The Morgan fingerprint density at radius 1 is 1.05 bits per heavy atom. The normalized spacial score (nSPS) is 10.2. The van der Waals surface area contributed by atoms with Gasteiger partial charge in [0, 0.05) is 12.6 Å². The van der Waals surface area contributed by atoms with Crippen LogP contribution in [0.1, 0.15) is 26.3 Å². The highest BCUT2D eigenvalue weighted by molar-refractivity contribution is 6.07. The summed E-state index contributed by atoms with van der Waals surface area (Å²) in [6.45, 7) is 1.95. The molecule has 21 heavy (non-hydrogen) atoms. The number of nitrogen functional groups attached to an aromatic ring is 1. The molecule has 0 saturated carbocycles. The molecular formula is C16H16N2O3. The molecule has 0 aliphatic rings. The molecule has 1 amide bonds. The Hall–Kier alpha value is -2.82. The van der Waals surface area contributed by atoms with Crippen LogP contribution < -0.4 is 10.6 Å². The van der Waals surface area contributed by atoms with Gasteiger partial charge in [0.2, 0.25) is 0 Å². The number of carboxylic acids is 1. The van der Waals surface area contributed by atoms with Crippen LogP contribution in [0.5, 0.6) is 0 Å². The van der Waals surface area contributed by atoms with Crippen molar-refractivity contribution in [1.82, 2.24) is 0 Å². The third-order valence-corrected chi connectivity index (χ3v) is 3.24. The van der Waals surface area contributed by atoms with E-state index in [1.54, 1.807) is 19.2 Å².